The molecule has 0 N–H and O–H groups in total. The standard InChI is InChI=1S/C21H18N2O/c1-14-8-6-7-11-18(14)17-12-19-21(16-9-4-3-5-10-16)15(2)22-23(19)20(24)13-17/h3-11,13H,12H2,1-2H3. The maximum Gasteiger partial charge on any atom is 0.271 e. The summed E-state index contributed by atoms with van der Waals surface area (Å²) in [6.45, 7) is 4.05. The average molecular weight is 314 g/mol. The van der Waals surface area contributed by atoms with Crippen molar-refractivity contribution in [3.8, 4) is 11.1 Å². The van der Waals surface area contributed by atoms with Crippen LogP contribution >= 0.6 is 0 Å². The van der Waals surface area contributed by atoms with Gasteiger partial charge in [0.05, 0.1) is 11.4 Å². The molecule has 0 radical (unpaired) electrons. The van der Waals surface area contributed by atoms with Crippen molar-refractivity contribution in [1.82, 2.24) is 9.78 Å². The molecule has 3 heteroatoms. The Kier molecular flexibility index (Phi) is 3.42. The first-order valence-electron chi connectivity index (χ1n) is 8.10. The number of allylic oxidation sites excluding steroid dienone is 2. The number of fused-ring (bicyclic) bond motifs is 1. The van der Waals surface area contributed by atoms with E-state index in [0.29, 0.717) is 6.42 Å². The fraction of sp³-hybridized carbons (Fsp3) is 0.143. The molecule has 0 fully saturated rings. The lowest BCUT2D eigenvalue weighted by Gasteiger charge is -2.17. The number of hydrogen-bond donors (Lipinski definition) is 0. The normalized spacial score (nSPS) is 13.6. The van der Waals surface area contributed by atoms with Crippen LogP contribution in [0.1, 0.15) is 27.3 Å². The van der Waals surface area contributed by atoms with Gasteiger partial charge in [0.2, 0.25) is 0 Å². The molecule has 2 aromatic carbocycles. The van der Waals surface area contributed by atoms with Crippen molar-refractivity contribution < 1.29 is 4.79 Å². The second-order valence-electron chi connectivity index (χ2n) is 6.18. The molecule has 1 aliphatic heterocycles. The lowest BCUT2D eigenvalue weighted by molar-refractivity contribution is 0.0948. The highest BCUT2D eigenvalue weighted by Crippen LogP contribution is 2.34. The number of benzene rings is 2. The predicted molar refractivity (Wildman–Crippen MR) is 95.9 cm³/mol. The van der Waals surface area contributed by atoms with Crippen molar-refractivity contribution in [2.45, 2.75) is 20.3 Å². The monoisotopic (exact) mass is 314 g/mol. The summed E-state index contributed by atoms with van der Waals surface area (Å²) in [5.74, 6) is -0.0696. The van der Waals surface area contributed by atoms with Gasteiger partial charge >= 0.3 is 0 Å². The fourth-order valence-corrected chi connectivity index (χ4v) is 3.45. The third-order valence-corrected chi connectivity index (χ3v) is 4.57. The van der Waals surface area contributed by atoms with E-state index < -0.39 is 0 Å². The van der Waals surface area contributed by atoms with Gasteiger partial charge in [0, 0.05) is 18.1 Å². The summed E-state index contributed by atoms with van der Waals surface area (Å²) in [4.78, 5) is 12.6. The zero-order valence-electron chi connectivity index (χ0n) is 13.8. The van der Waals surface area contributed by atoms with Gasteiger partial charge in [0.1, 0.15) is 0 Å². The van der Waals surface area contributed by atoms with E-state index >= 15 is 0 Å². The molecule has 0 atom stereocenters. The maximum absolute atomic E-state index is 12.6. The molecule has 1 aliphatic rings. The van der Waals surface area contributed by atoms with Crippen LogP contribution in [0.25, 0.3) is 16.7 Å². The van der Waals surface area contributed by atoms with Gasteiger partial charge in [0.15, 0.2) is 0 Å². The number of aromatic nitrogens is 2. The highest BCUT2D eigenvalue weighted by molar-refractivity contribution is 6.01. The molecule has 0 saturated carbocycles. The van der Waals surface area contributed by atoms with Crippen LogP contribution in [0, 0.1) is 13.8 Å². The van der Waals surface area contributed by atoms with Crippen LogP contribution < -0.4 is 0 Å². The van der Waals surface area contributed by atoms with E-state index in [1.165, 1.54) is 5.56 Å². The zero-order valence-corrected chi connectivity index (χ0v) is 13.8. The third kappa shape index (κ3) is 2.29. The second-order valence-corrected chi connectivity index (χ2v) is 6.18. The molecule has 0 amide bonds. The smallest absolute Gasteiger partial charge is 0.267 e. The van der Waals surface area contributed by atoms with Crippen molar-refractivity contribution in [2.75, 3.05) is 0 Å². The van der Waals surface area contributed by atoms with Crippen molar-refractivity contribution >= 4 is 11.5 Å². The summed E-state index contributed by atoms with van der Waals surface area (Å²) in [5.41, 5.74) is 7.42. The van der Waals surface area contributed by atoms with Crippen LogP contribution in [0.15, 0.2) is 60.7 Å². The molecule has 24 heavy (non-hydrogen) atoms. The topological polar surface area (TPSA) is 34.9 Å². The number of carbonyl (C=O) groups excluding carboxylic acids is 1. The van der Waals surface area contributed by atoms with Crippen molar-refractivity contribution in [3.05, 3.63) is 83.2 Å². The van der Waals surface area contributed by atoms with Gasteiger partial charge in [-0.15, -0.1) is 0 Å². The van der Waals surface area contributed by atoms with Crippen molar-refractivity contribution in [2.24, 2.45) is 0 Å². The van der Waals surface area contributed by atoms with Gasteiger partial charge in [0.25, 0.3) is 5.91 Å². The fourth-order valence-electron chi connectivity index (χ4n) is 3.45. The Balaban J connectivity index is 1.86. The first-order chi connectivity index (χ1) is 11.6. The van der Waals surface area contributed by atoms with Crippen molar-refractivity contribution in [3.63, 3.8) is 0 Å². The highest BCUT2D eigenvalue weighted by atomic mass is 16.2. The minimum atomic E-state index is -0.0696. The molecular weight excluding hydrogens is 296 g/mol. The Morgan fingerprint density at radius 2 is 1.67 bits per heavy atom. The van der Waals surface area contributed by atoms with Gasteiger partial charge in [-0.25, -0.2) is 4.68 Å². The Morgan fingerprint density at radius 3 is 2.42 bits per heavy atom. The Morgan fingerprint density at radius 1 is 0.958 bits per heavy atom. The summed E-state index contributed by atoms with van der Waals surface area (Å²) in [6.07, 6.45) is 2.43. The van der Waals surface area contributed by atoms with Crippen LogP contribution in [-0.4, -0.2) is 15.7 Å². The van der Waals surface area contributed by atoms with E-state index in [9.17, 15) is 4.79 Å². The number of nitrogens with zero attached hydrogens (tertiary/aromatic N) is 2. The molecule has 0 unspecified atom stereocenters. The average Bonchev–Trinajstić information content (AvgIpc) is 2.93. The number of hydrogen-bond acceptors (Lipinski definition) is 2. The molecule has 0 aliphatic carbocycles. The first-order valence-corrected chi connectivity index (χ1v) is 8.10. The van der Waals surface area contributed by atoms with Gasteiger partial charge in [-0.05, 0) is 36.1 Å². The minimum absolute atomic E-state index is 0.0696. The largest absolute Gasteiger partial charge is 0.271 e. The summed E-state index contributed by atoms with van der Waals surface area (Å²) in [5, 5.41) is 4.48. The quantitative estimate of drug-likeness (QED) is 0.700. The lowest BCUT2D eigenvalue weighted by atomic mass is 9.91. The van der Waals surface area contributed by atoms with Gasteiger partial charge in [-0.2, -0.15) is 5.10 Å². The van der Waals surface area contributed by atoms with Gasteiger partial charge in [-0.1, -0.05) is 54.6 Å². The molecule has 0 bridgehead atoms. The number of aryl methyl sites for hydroxylation is 2. The number of carbonyl (C=O) groups is 1. The van der Waals surface area contributed by atoms with Crippen LogP contribution in [0.2, 0.25) is 0 Å². The summed E-state index contributed by atoms with van der Waals surface area (Å²) in [7, 11) is 0. The highest BCUT2D eigenvalue weighted by Gasteiger charge is 2.25. The van der Waals surface area contributed by atoms with E-state index in [4.69, 9.17) is 0 Å². The molecular formula is C21H18N2O. The SMILES string of the molecule is Cc1ccccc1C1=CC(=O)n2nc(C)c(-c3ccccc3)c2C1. The lowest BCUT2D eigenvalue weighted by Crippen LogP contribution is -2.19. The molecule has 3 nitrogen and oxygen atoms in total. The third-order valence-electron chi connectivity index (χ3n) is 4.57. The maximum atomic E-state index is 12.6. The Bertz CT molecular complexity index is 965. The van der Waals surface area contributed by atoms with E-state index in [-0.39, 0.29) is 5.91 Å². The Hall–Kier alpha value is -2.94. The first kappa shape index (κ1) is 14.6. The molecule has 2 heterocycles. The summed E-state index contributed by atoms with van der Waals surface area (Å²) < 4.78 is 1.56. The zero-order chi connectivity index (χ0) is 16.7. The molecule has 118 valence electrons. The molecule has 3 aromatic rings. The molecule has 0 spiro atoms. The molecule has 1 aromatic heterocycles. The number of rotatable bonds is 2. The second kappa shape index (κ2) is 5.60. The summed E-state index contributed by atoms with van der Waals surface area (Å²) in [6, 6.07) is 18.4. The van der Waals surface area contributed by atoms with Gasteiger partial charge < -0.3 is 0 Å². The van der Waals surface area contributed by atoms with Gasteiger partial charge in [-0.3, -0.25) is 4.79 Å². The van der Waals surface area contributed by atoms with Crippen LogP contribution in [0.4, 0.5) is 0 Å². The predicted octanol–water partition coefficient (Wildman–Crippen LogP) is 4.45. The van der Waals surface area contributed by atoms with Crippen LogP contribution in [-0.2, 0) is 6.42 Å². The van der Waals surface area contributed by atoms with Crippen molar-refractivity contribution in [1.29, 1.82) is 0 Å². The van der Waals surface area contributed by atoms with Crippen LogP contribution in [0.3, 0.4) is 0 Å². The van der Waals surface area contributed by atoms with E-state index in [0.717, 1.165) is 33.7 Å². The Labute approximate surface area is 141 Å². The van der Waals surface area contributed by atoms with E-state index in [1.807, 2.05) is 37.3 Å². The molecule has 4 rings (SSSR count). The van der Waals surface area contributed by atoms with Crippen LogP contribution in [0.5, 0.6) is 0 Å². The minimum Gasteiger partial charge on any atom is -0.267 e. The van der Waals surface area contributed by atoms with E-state index in [2.05, 4.69) is 36.3 Å². The van der Waals surface area contributed by atoms with E-state index in [1.54, 1.807) is 10.8 Å². The summed E-state index contributed by atoms with van der Waals surface area (Å²) >= 11 is 0. The molecule has 0 saturated heterocycles.